The van der Waals surface area contributed by atoms with Crippen LogP contribution in [0, 0.1) is 5.92 Å². The first-order valence-electron chi connectivity index (χ1n) is 5.97. The number of nitrogens with one attached hydrogen (secondary N) is 1. The third-order valence-corrected chi connectivity index (χ3v) is 3.24. The van der Waals surface area contributed by atoms with Crippen LogP contribution in [0.5, 0.6) is 0 Å². The van der Waals surface area contributed by atoms with Gasteiger partial charge in [0, 0.05) is 18.5 Å². The van der Waals surface area contributed by atoms with Crippen LogP contribution in [-0.2, 0) is 6.42 Å². The second kappa shape index (κ2) is 5.13. The van der Waals surface area contributed by atoms with Crippen molar-refractivity contribution in [2.75, 3.05) is 5.32 Å². The van der Waals surface area contributed by atoms with Crippen molar-refractivity contribution in [1.29, 1.82) is 0 Å². The van der Waals surface area contributed by atoms with E-state index in [9.17, 15) is 0 Å². The molecule has 0 saturated heterocycles. The first-order chi connectivity index (χ1) is 7.67. The van der Waals surface area contributed by atoms with E-state index in [1.54, 1.807) is 0 Å². The summed E-state index contributed by atoms with van der Waals surface area (Å²) in [6.45, 7) is 4.29. The molecular formula is C12H18BrN3. The maximum absolute atomic E-state index is 4.47. The second-order valence-corrected chi connectivity index (χ2v) is 5.38. The lowest BCUT2D eigenvalue weighted by atomic mass is 10.1. The molecule has 0 spiro atoms. The van der Waals surface area contributed by atoms with Gasteiger partial charge in [0.1, 0.15) is 16.2 Å². The number of nitrogens with zero attached hydrogens (tertiary/aromatic N) is 2. The molecule has 1 heterocycles. The Morgan fingerprint density at radius 1 is 1.50 bits per heavy atom. The van der Waals surface area contributed by atoms with Gasteiger partial charge in [-0.25, -0.2) is 9.97 Å². The van der Waals surface area contributed by atoms with Crippen LogP contribution in [0.1, 0.15) is 38.9 Å². The quantitative estimate of drug-likeness (QED) is 0.842. The highest BCUT2D eigenvalue weighted by atomic mass is 79.9. The number of rotatable bonds is 5. The Morgan fingerprint density at radius 2 is 2.25 bits per heavy atom. The van der Waals surface area contributed by atoms with E-state index >= 15 is 0 Å². The molecule has 88 valence electrons. The fourth-order valence-electron chi connectivity index (χ4n) is 1.86. The van der Waals surface area contributed by atoms with Gasteiger partial charge in [-0.15, -0.1) is 0 Å². The maximum Gasteiger partial charge on any atom is 0.131 e. The summed E-state index contributed by atoms with van der Waals surface area (Å²) in [5, 5.41) is 3.45. The molecule has 0 aliphatic heterocycles. The van der Waals surface area contributed by atoms with E-state index in [4.69, 9.17) is 0 Å². The van der Waals surface area contributed by atoms with Crippen LogP contribution in [0.25, 0.3) is 0 Å². The van der Waals surface area contributed by atoms with Gasteiger partial charge in [-0.2, -0.15) is 0 Å². The summed E-state index contributed by atoms with van der Waals surface area (Å²) < 4.78 is 0.862. The van der Waals surface area contributed by atoms with Gasteiger partial charge in [-0.3, -0.25) is 0 Å². The lowest BCUT2D eigenvalue weighted by Crippen LogP contribution is -2.17. The van der Waals surface area contributed by atoms with Crippen molar-refractivity contribution in [2.45, 2.75) is 45.6 Å². The molecule has 2 rings (SSSR count). The molecular weight excluding hydrogens is 266 g/mol. The normalized spacial score (nSPS) is 17.2. The van der Waals surface area contributed by atoms with Crippen molar-refractivity contribution in [2.24, 2.45) is 5.92 Å². The Kier molecular flexibility index (Phi) is 3.79. The van der Waals surface area contributed by atoms with Crippen LogP contribution in [0.4, 0.5) is 5.82 Å². The predicted molar refractivity (Wildman–Crippen MR) is 69.5 cm³/mol. The predicted octanol–water partition coefficient (Wildman–Crippen LogP) is 3.40. The molecule has 0 bridgehead atoms. The van der Waals surface area contributed by atoms with Gasteiger partial charge in [-0.05, 0) is 35.2 Å². The van der Waals surface area contributed by atoms with Gasteiger partial charge < -0.3 is 5.32 Å². The summed E-state index contributed by atoms with van der Waals surface area (Å²) in [5.41, 5.74) is 0. The number of anilines is 1. The molecule has 1 aromatic heterocycles. The average Bonchev–Trinajstić information content (AvgIpc) is 3.00. The smallest absolute Gasteiger partial charge is 0.131 e. The van der Waals surface area contributed by atoms with Crippen molar-refractivity contribution in [3.05, 3.63) is 16.5 Å². The van der Waals surface area contributed by atoms with Gasteiger partial charge in [0.2, 0.25) is 0 Å². The monoisotopic (exact) mass is 283 g/mol. The highest BCUT2D eigenvalue weighted by Crippen LogP contribution is 2.34. The number of aromatic nitrogens is 2. The van der Waals surface area contributed by atoms with Gasteiger partial charge in [0.25, 0.3) is 0 Å². The van der Waals surface area contributed by atoms with Crippen molar-refractivity contribution in [3.63, 3.8) is 0 Å². The molecule has 1 aromatic rings. The van der Waals surface area contributed by atoms with Crippen molar-refractivity contribution < 1.29 is 0 Å². The number of aryl methyl sites for hydroxylation is 1. The summed E-state index contributed by atoms with van der Waals surface area (Å²) in [6.07, 6.45) is 4.92. The van der Waals surface area contributed by atoms with E-state index in [1.807, 2.05) is 6.07 Å². The Hall–Kier alpha value is -0.640. The summed E-state index contributed by atoms with van der Waals surface area (Å²) in [4.78, 5) is 8.77. The van der Waals surface area contributed by atoms with E-state index in [0.29, 0.717) is 6.04 Å². The number of halogens is 1. The third kappa shape index (κ3) is 3.44. The van der Waals surface area contributed by atoms with E-state index in [2.05, 4.69) is 45.1 Å². The Labute approximate surface area is 105 Å². The molecule has 1 aliphatic carbocycles. The van der Waals surface area contributed by atoms with Gasteiger partial charge in [0.15, 0.2) is 0 Å². The van der Waals surface area contributed by atoms with Crippen molar-refractivity contribution in [1.82, 2.24) is 9.97 Å². The molecule has 1 unspecified atom stereocenters. The highest BCUT2D eigenvalue weighted by molar-refractivity contribution is 9.10. The zero-order valence-electron chi connectivity index (χ0n) is 9.83. The largest absolute Gasteiger partial charge is 0.367 e. The van der Waals surface area contributed by atoms with E-state index in [0.717, 1.165) is 28.6 Å². The Balaban J connectivity index is 1.98. The Bertz CT molecular complexity index is 363. The topological polar surface area (TPSA) is 37.8 Å². The van der Waals surface area contributed by atoms with Gasteiger partial charge >= 0.3 is 0 Å². The van der Waals surface area contributed by atoms with Crippen molar-refractivity contribution >= 4 is 21.7 Å². The molecule has 1 saturated carbocycles. The van der Waals surface area contributed by atoms with E-state index in [1.165, 1.54) is 19.3 Å². The first-order valence-corrected chi connectivity index (χ1v) is 6.76. The highest BCUT2D eigenvalue weighted by Gasteiger charge is 2.23. The first kappa shape index (κ1) is 11.8. The maximum atomic E-state index is 4.47. The molecule has 1 N–H and O–H groups in total. The zero-order chi connectivity index (χ0) is 11.5. The summed E-state index contributed by atoms with van der Waals surface area (Å²) in [5.74, 6) is 2.76. The number of hydrogen-bond acceptors (Lipinski definition) is 3. The second-order valence-electron chi connectivity index (χ2n) is 4.57. The average molecular weight is 284 g/mol. The van der Waals surface area contributed by atoms with Crippen LogP contribution in [0.2, 0.25) is 0 Å². The van der Waals surface area contributed by atoms with Crippen LogP contribution in [-0.4, -0.2) is 16.0 Å². The molecule has 4 heteroatoms. The van der Waals surface area contributed by atoms with E-state index < -0.39 is 0 Å². The molecule has 1 fully saturated rings. The lowest BCUT2D eigenvalue weighted by molar-refractivity contribution is 0.639. The van der Waals surface area contributed by atoms with E-state index in [-0.39, 0.29) is 0 Å². The molecule has 1 aliphatic rings. The standard InChI is InChI=1S/C12H18BrN3/c1-3-11-15-10(13)7-12(16-11)14-8(2)6-9-4-5-9/h7-9H,3-6H2,1-2H3,(H,14,15,16). The van der Waals surface area contributed by atoms with Crippen molar-refractivity contribution in [3.8, 4) is 0 Å². The molecule has 3 nitrogen and oxygen atoms in total. The zero-order valence-corrected chi connectivity index (χ0v) is 11.4. The van der Waals surface area contributed by atoms with Crippen LogP contribution < -0.4 is 5.32 Å². The molecule has 0 radical (unpaired) electrons. The summed E-state index contributed by atoms with van der Waals surface area (Å²) in [6, 6.07) is 2.45. The van der Waals surface area contributed by atoms with Crippen LogP contribution in [0.15, 0.2) is 10.7 Å². The molecule has 0 amide bonds. The van der Waals surface area contributed by atoms with Gasteiger partial charge in [-0.1, -0.05) is 19.8 Å². The Morgan fingerprint density at radius 3 is 2.88 bits per heavy atom. The SMILES string of the molecule is CCc1nc(Br)cc(NC(C)CC2CC2)n1. The fourth-order valence-corrected chi connectivity index (χ4v) is 2.28. The third-order valence-electron chi connectivity index (χ3n) is 2.84. The number of hydrogen-bond donors (Lipinski definition) is 1. The van der Waals surface area contributed by atoms with Crippen LogP contribution >= 0.6 is 15.9 Å². The lowest BCUT2D eigenvalue weighted by Gasteiger charge is -2.14. The minimum atomic E-state index is 0.499. The molecule has 1 atom stereocenters. The molecule has 16 heavy (non-hydrogen) atoms. The molecule has 0 aromatic carbocycles. The van der Waals surface area contributed by atoms with Crippen LogP contribution in [0.3, 0.4) is 0 Å². The van der Waals surface area contributed by atoms with Gasteiger partial charge in [0.05, 0.1) is 0 Å². The minimum absolute atomic E-state index is 0.499. The summed E-state index contributed by atoms with van der Waals surface area (Å²) in [7, 11) is 0. The minimum Gasteiger partial charge on any atom is -0.367 e. The fraction of sp³-hybridized carbons (Fsp3) is 0.667. The summed E-state index contributed by atoms with van der Waals surface area (Å²) >= 11 is 3.42.